The fraction of sp³-hybridized carbons (Fsp3) is 0.444. The van der Waals surface area contributed by atoms with Gasteiger partial charge in [0.25, 0.3) is 0 Å². The van der Waals surface area contributed by atoms with Crippen LogP contribution in [0.25, 0.3) is 10.9 Å². The molecule has 5 nitrogen and oxygen atoms in total. The second-order valence-electron chi connectivity index (χ2n) is 9.69. The standard InChI is InChI=1S/C27H29F4N3O2/c1-16-10-20-19-4-2-3-5-23(19)32-26(20)27(34(16)24(35)6-7-28)25-21(30)11-18(12-22(25)31)36-9-8-33-14-17(13-29)15-33/h2-5,11-12,16-17,27,32H,6-10,13-15H2,1H3/t16-,27-/m1/s1. The Morgan fingerprint density at radius 3 is 2.56 bits per heavy atom. The van der Waals surface area contributed by atoms with Crippen LogP contribution in [0, 0.1) is 17.6 Å². The van der Waals surface area contributed by atoms with E-state index in [1.54, 1.807) is 0 Å². The number of carbonyl (C=O) groups is 1. The molecule has 2 aliphatic rings. The van der Waals surface area contributed by atoms with Crippen LogP contribution in [0.3, 0.4) is 0 Å². The highest BCUT2D eigenvalue weighted by Gasteiger charge is 2.41. The number of nitrogens with one attached hydrogen (secondary N) is 1. The van der Waals surface area contributed by atoms with Crippen molar-refractivity contribution in [1.29, 1.82) is 0 Å². The number of alkyl halides is 2. The third-order valence-corrected chi connectivity index (χ3v) is 7.22. The molecular formula is C27H29F4N3O2. The van der Waals surface area contributed by atoms with E-state index >= 15 is 8.78 Å². The summed E-state index contributed by atoms with van der Waals surface area (Å²) in [5, 5.41) is 0.934. The number of rotatable bonds is 8. The number of hydrogen-bond donors (Lipinski definition) is 1. The van der Waals surface area contributed by atoms with Crippen molar-refractivity contribution in [1.82, 2.24) is 14.8 Å². The van der Waals surface area contributed by atoms with Gasteiger partial charge >= 0.3 is 0 Å². The molecule has 1 amide bonds. The van der Waals surface area contributed by atoms with Crippen molar-refractivity contribution < 1.29 is 27.1 Å². The van der Waals surface area contributed by atoms with Crippen LogP contribution in [0.2, 0.25) is 0 Å². The van der Waals surface area contributed by atoms with Crippen molar-refractivity contribution in [2.45, 2.75) is 31.8 Å². The first-order valence-corrected chi connectivity index (χ1v) is 12.3. The molecule has 2 aromatic carbocycles. The summed E-state index contributed by atoms with van der Waals surface area (Å²) >= 11 is 0. The van der Waals surface area contributed by atoms with Crippen molar-refractivity contribution >= 4 is 16.8 Å². The van der Waals surface area contributed by atoms with Crippen LogP contribution in [0.1, 0.15) is 36.2 Å². The SMILES string of the molecule is C[C@@H]1Cc2c([nH]c3ccccc23)[C@@H](c2c(F)cc(OCCN3CC(CF)C3)cc2F)N1C(=O)CCF. The highest BCUT2D eigenvalue weighted by Crippen LogP contribution is 2.43. The van der Waals surface area contributed by atoms with E-state index in [1.165, 1.54) is 4.90 Å². The van der Waals surface area contributed by atoms with E-state index in [4.69, 9.17) is 4.74 Å². The average Bonchev–Trinajstić information content (AvgIpc) is 3.18. The molecule has 192 valence electrons. The van der Waals surface area contributed by atoms with Crippen LogP contribution < -0.4 is 4.74 Å². The van der Waals surface area contributed by atoms with Gasteiger partial charge in [0.15, 0.2) is 0 Å². The Bertz CT molecular complexity index is 1230. The zero-order chi connectivity index (χ0) is 25.4. The smallest absolute Gasteiger partial charge is 0.226 e. The number of aromatic amines is 1. The summed E-state index contributed by atoms with van der Waals surface area (Å²) in [5.74, 6) is -2.09. The Kier molecular flexibility index (Phi) is 6.92. The van der Waals surface area contributed by atoms with E-state index in [9.17, 15) is 13.6 Å². The lowest BCUT2D eigenvalue weighted by molar-refractivity contribution is -0.136. The monoisotopic (exact) mass is 503 g/mol. The molecule has 5 rings (SSSR count). The predicted octanol–water partition coefficient (Wildman–Crippen LogP) is 4.95. The number of ether oxygens (including phenoxy) is 1. The average molecular weight is 504 g/mol. The maximum absolute atomic E-state index is 15.6. The summed E-state index contributed by atoms with van der Waals surface area (Å²) in [5.41, 5.74) is 1.96. The van der Waals surface area contributed by atoms with Gasteiger partial charge < -0.3 is 14.6 Å². The second-order valence-corrected chi connectivity index (χ2v) is 9.69. The van der Waals surface area contributed by atoms with Gasteiger partial charge in [0.05, 0.1) is 25.3 Å². The van der Waals surface area contributed by atoms with E-state index in [1.807, 2.05) is 36.1 Å². The number of halogens is 4. The molecule has 3 heterocycles. The minimum Gasteiger partial charge on any atom is -0.492 e. The first-order chi connectivity index (χ1) is 17.4. The van der Waals surface area contributed by atoms with Gasteiger partial charge in [0.2, 0.25) is 5.91 Å². The molecule has 0 unspecified atom stereocenters. The van der Waals surface area contributed by atoms with Gasteiger partial charge in [-0.15, -0.1) is 0 Å². The predicted molar refractivity (Wildman–Crippen MR) is 129 cm³/mol. The summed E-state index contributed by atoms with van der Waals surface area (Å²) in [7, 11) is 0. The van der Waals surface area contributed by atoms with Crippen LogP contribution in [0.5, 0.6) is 5.75 Å². The summed E-state index contributed by atoms with van der Waals surface area (Å²) in [6.07, 6.45) is 0.124. The Hall–Kier alpha value is -3.07. The lowest BCUT2D eigenvalue weighted by Crippen LogP contribution is -2.49. The van der Waals surface area contributed by atoms with E-state index in [0.717, 1.165) is 28.6 Å². The van der Waals surface area contributed by atoms with Crippen LogP contribution in [0.4, 0.5) is 17.6 Å². The second kappa shape index (κ2) is 10.1. The molecule has 0 bridgehead atoms. The number of H-pyrrole nitrogens is 1. The molecule has 1 aromatic heterocycles. The molecule has 3 aromatic rings. The van der Waals surface area contributed by atoms with Gasteiger partial charge in [0.1, 0.15) is 30.0 Å². The zero-order valence-corrected chi connectivity index (χ0v) is 20.1. The van der Waals surface area contributed by atoms with Gasteiger partial charge in [-0.2, -0.15) is 0 Å². The number of aromatic nitrogens is 1. The number of para-hydroxylation sites is 1. The Morgan fingerprint density at radius 1 is 1.14 bits per heavy atom. The molecule has 0 saturated carbocycles. The minimum atomic E-state index is -1.07. The van der Waals surface area contributed by atoms with Gasteiger partial charge in [-0.05, 0) is 25.0 Å². The van der Waals surface area contributed by atoms with Crippen LogP contribution >= 0.6 is 0 Å². The van der Waals surface area contributed by atoms with E-state index in [-0.39, 0.29) is 43.0 Å². The molecule has 0 radical (unpaired) electrons. The molecule has 1 fully saturated rings. The van der Waals surface area contributed by atoms with Crippen molar-refractivity contribution in [2.24, 2.45) is 5.92 Å². The normalized spacial score (nSPS) is 20.4. The van der Waals surface area contributed by atoms with Crippen molar-refractivity contribution in [2.75, 3.05) is 39.6 Å². The minimum absolute atomic E-state index is 0.0404. The maximum Gasteiger partial charge on any atom is 0.226 e. The third kappa shape index (κ3) is 4.45. The number of benzene rings is 2. The number of amides is 1. The largest absolute Gasteiger partial charge is 0.492 e. The Morgan fingerprint density at radius 2 is 1.86 bits per heavy atom. The van der Waals surface area contributed by atoms with E-state index in [2.05, 4.69) is 4.98 Å². The number of carbonyl (C=O) groups excluding carboxylic acids is 1. The summed E-state index contributed by atoms with van der Waals surface area (Å²) < 4.78 is 62.4. The fourth-order valence-electron chi connectivity index (χ4n) is 5.50. The number of hydrogen-bond acceptors (Lipinski definition) is 3. The molecule has 0 spiro atoms. The first-order valence-electron chi connectivity index (χ1n) is 12.3. The van der Waals surface area contributed by atoms with Gasteiger partial charge in [-0.3, -0.25) is 18.5 Å². The van der Waals surface area contributed by atoms with Crippen LogP contribution in [0.15, 0.2) is 36.4 Å². The molecular weight excluding hydrogens is 474 g/mol. The van der Waals surface area contributed by atoms with Gasteiger partial charge in [-0.25, -0.2) is 8.78 Å². The Labute approximate surface area is 207 Å². The topological polar surface area (TPSA) is 48.6 Å². The van der Waals surface area contributed by atoms with Gasteiger partial charge in [0, 0.05) is 60.3 Å². The van der Waals surface area contributed by atoms with Crippen molar-refractivity contribution in [3.8, 4) is 5.75 Å². The van der Waals surface area contributed by atoms with Gasteiger partial charge in [-0.1, -0.05) is 18.2 Å². The molecule has 1 N–H and O–H groups in total. The lowest BCUT2D eigenvalue weighted by Gasteiger charge is -2.41. The number of nitrogens with zero attached hydrogens (tertiary/aromatic N) is 2. The lowest BCUT2D eigenvalue weighted by atomic mass is 9.87. The van der Waals surface area contributed by atoms with E-state index < -0.39 is 30.3 Å². The zero-order valence-electron chi connectivity index (χ0n) is 20.1. The summed E-state index contributed by atoms with van der Waals surface area (Å²) in [6, 6.07) is 8.35. The Balaban J connectivity index is 1.47. The van der Waals surface area contributed by atoms with Crippen LogP contribution in [-0.4, -0.2) is 66.3 Å². The quantitative estimate of drug-likeness (QED) is 0.443. The van der Waals surface area contributed by atoms with E-state index in [0.29, 0.717) is 31.7 Å². The third-order valence-electron chi connectivity index (χ3n) is 7.22. The van der Waals surface area contributed by atoms with Crippen molar-refractivity contribution in [3.05, 3.63) is 64.9 Å². The highest BCUT2D eigenvalue weighted by molar-refractivity contribution is 5.87. The maximum atomic E-state index is 15.6. The molecule has 36 heavy (non-hydrogen) atoms. The molecule has 2 aliphatic heterocycles. The molecule has 1 saturated heterocycles. The molecule has 9 heteroatoms. The number of fused-ring (bicyclic) bond motifs is 3. The fourth-order valence-corrected chi connectivity index (χ4v) is 5.50. The van der Waals surface area contributed by atoms with Crippen LogP contribution in [-0.2, 0) is 11.2 Å². The highest BCUT2D eigenvalue weighted by atomic mass is 19.1. The number of likely N-dealkylation sites (tertiary alicyclic amines) is 1. The summed E-state index contributed by atoms with van der Waals surface area (Å²) in [6.45, 7) is 2.65. The first kappa shape index (κ1) is 24.6. The summed E-state index contributed by atoms with van der Waals surface area (Å²) in [4.78, 5) is 19.6. The van der Waals surface area contributed by atoms with Crippen molar-refractivity contribution in [3.63, 3.8) is 0 Å². The molecule has 2 atom stereocenters. The molecule has 0 aliphatic carbocycles.